The highest BCUT2D eigenvalue weighted by Gasteiger charge is 2.49. The summed E-state index contributed by atoms with van der Waals surface area (Å²) in [6.45, 7) is 4.72. The van der Waals surface area contributed by atoms with E-state index in [0.29, 0.717) is 25.1 Å². The molecule has 0 N–H and O–H groups in total. The molecule has 2 aliphatic heterocycles. The fourth-order valence-corrected chi connectivity index (χ4v) is 5.91. The van der Waals surface area contributed by atoms with Crippen LogP contribution in [0.4, 0.5) is 0 Å². The van der Waals surface area contributed by atoms with Crippen LogP contribution >= 0.6 is 0 Å². The number of aryl methyl sites for hydroxylation is 1. The molecule has 0 aromatic heterocycles. The van der Waals surface area contributed by atoms with Crippen molar-refractivity contribution in [3.63, 3.8) is 0 Å². The molecule has 7 heteroatoms. The zero-order valence-corrected chi connectivity index (χ0v) is 16.2. The third kappa shape index (κ3) is 3.77. The van der Waals surface area contributed by atoms with Gasteiger partial charge >= 0.3 is 0 Å². The van der Waals surface area contributed by atoms with Gasteiger partial charge in [-0.05, 0) is 25.5 Å². The molecule has 2 fully saturated rings. The number of nitrogens with zero attached hydrogens (tertiary/aromatic N) is 2. The van der Waals surface area contributed by atoms with Gasteiger partial charge in [-0.3, -0.25) is 9.59 Å². The van der Waals surface area contributed by atoms with Gasteiger partial charge in [0.15, 0.2) is 9.84 Å². The van der Waals surface area contributed by atoms with E-state index in [-0.39, 0.29) is 23.3 Å². The Kier molecular flexibility index (Phi) is 5.37. The predicted molar refractivity (Wildman–Crippen MR) is 99.7 cm³/mol. The Morgan fingerprint density at radius 1 is 1.12 bits per heavy atom. The van der Waals surface area contributed by atoms with Crippen LogP contribution in [0.1, 0.15) is 42.1 Å². The number of unbranched alkanes of at least 4 members (excludes halogenated alkanes) is 1. The lowest BCUT2D eigenvalue weighted by Crippen LogP contribution is -2.61. The van der Waals surface area contributed by atoms with E-state index in [1.807, 2.05) is 32.0 Å². The van der Waals surface area contributed by atoms with Crippen LogP contribution in [0.2, 0.25) is 0 Å². The summed E-state index contributed by atoms with van der Waals surface area (Å²) in [5, 5.41) is 0. The fraction of sp³-hybridized carbons (Fsp3) is 0.579. The van der Waals surface area contributed by atoms with Crippen molar-refractivity contribution in [2.45, 2.75) is 45.2 Å². The molecule has 0 saturated carbocycles. The molecule has 2 aliphatic rings. The number of sulfone groups is 1. The van der Waals surface area contributed by atoms with Gasteiger partial charge < -0.3 is 9.80 Å². The first kappa shape index (κ1) is 18.9. The van der Waals surface area contributed by atoms with Gasteiger partial charge in [-0.25, -0.2) is 8.42 Å². The van der Waals surface area contributed by atoms with Gasteiger partial charge in [-0.15, -0.1) is 0 Å². The van der Waals surface area contributed by atoms with Crippen molar-refractivity contribution in [3.05, 3.63) is 35.4 Å². The maximum absolute atomic E-state index is 13.0. The highest BCUT2D eigenvalue weighted by molar-refractivity contribution is 7.91. The first-order valence-corrected chi connectivity index (χ1v) is 11.0. The minimum Gasteiger partial charge on any atom is -0.335 e. The van der Waals surface area contributed by atoms with Crippen molar-refractivity contribution in [1.82, 2.24) is 9.80 Å². The topological polar surface area (TPSA) is 74.8 Å². The van der Waals surface area contributed by atoms with Crippen LogP contribution in [0.5, 0.6) is 0 Å². The summed E-state index contributed by atoms with van der Waals surface area (Å²) in [6, 6.07) is 6.45. The predicted octanol–water partition coefficient (Wildman–Crippen LogP) is 1.64. The SMILES string of the molecule is CCCCC(=O)N1CCN(C(=O)c2cccc(C)c2)C2CS(=O)(=O)CC21. The number of carbonyl (C=O) groups excluding carboxylic acids is 2. The quantitative estimate of drug-likeness (QED) is 0.798. The van der Waals surface area contributed by atoms with Crippen LogP contribution in [0.25, 0.3) is 0 Å². The smallest absolute Gasteiger partial charge is 0.254 e. The van der Waals surface area contributed by atoms with Crippen LogP contribution in [-0.4, -0.2) is 66.7 Å². The van der Waals surface area contributed by atoms with Crippen LogP contribution in [-0.2, 0) is 14.6 Å². The number of hydrogen-bond donors (Lipinski definition) is 0. The molecule has 0 radical (unpaired) electrons. The molecular weight excluding hydrogens is 352 g/mol. The number of rotatable bonds is 4. The van der Waals surface area contributed by atoms with Gasteiger partial charge in [-0.1, -0.05) is 31.0 Å². The molecule has 1 aromatic carbocycles. The van der Waals surface area contributed by atoms with E-state index in [4.69, 9.17) is 0 Å². The molecule has 0 bridgehead atoms. The number of fused-ring (bicyclic) bond motifs is 1. The van der Waals surface area contributed by atoms with Crippen molar-refractivity contribution in [3.8, 4) is 0 Å². The zero-order valence-electron chi connectivity index (χ0n) is 15.3. The summed E-state index contributed by atoms with van der Waals surface area (Å²) in [5.41, 5.74) is 1.55. The van der Waals surface area contributed by atoms with Crippen LogP contribution < -0.4 is 0 Å². The largest absolute Gasteiger partial charge is 0.335 e. The van der Waals surface area contributed by atoms with Gasteiger partial charge in [0.1, 0.15) is 0 Å². The molecule has 2 saturated heterocycles. The van der Waals surface area contributed by atoms with Crippen molar-refractivity contribution in [2.24, 2.45) is 0 Å². The standard InChI is InChI=1S/C19H26N2O4S/c1-3-4-8-18(22)20-9-10-21(17-13-26(24,25)12-16(17)20)19(23)15-7-5-6-14(2)11-15/h5-7,11,16-17H,3-4,8-10,12-13H2,1-2H3. The highest BCUT2D eigenvalue weighted by atomic mass is 32.2. The molecule has 1 aromatic rings. The van der Waals surface area contributed by atoms with E-state index < -0.39 is 21.9 Å². The lowest BCUT2D eigenvalue weighted by atomic mass is 10.0. The Bertz CT molecular complexity index is 806. The Hall–Kier alpha value is -1.89. The first-order valence-electron chi connectivity index (χ1n) is 9.20. The third-order valence-electron chi connectivity index (χ3n) is 5.27. The summed E-state index contributed by atoms with van der Waals surface area (Å²) in [6.07, 6.45) is 2.15. The average molecular weight is 378 g/mol. The van der Waals surface area contributed by atoms with Crippen molar-refractivity contribution >= 4 is 21.7 Å². The summed E-state index contributed by atoms with van der Waals surface area (Å²) in [7, 11) is -3.26. The van der Waals surface area contributed by atoms with Crippen molar-refractivity contribution < 1.29 is 18.0 Å². The summed E-state index contributed by atoms with van der Waals surface area (Å²) < 4.78 is 24.5. The number of amides is 2. The first-order chi connectivity index (χ1) is 12.3. The number of hydrogen-bond acceptors (Lipinski definition) is 4. The monoisotopic (exact) mass is 378 g/mol. The number of piperazine rings is 1. The Balaban J connectivity index is 1.85. The molecule has 2 atom stereocenters. The van der Waals surface area contributed by atoms with Gasteiger partial charge in [0.2, 0.25) is 5.91 Å². The maximum Gasteiger partial charge on any atom is 0.254 e. The molecule has 0 spiro atoms. The molecule has 26 heavy (non-hydrogen) atoms. The van der Waals surface area contributed by atoms with Gasteiger partial charge in [-0.2, -0.15) is 0 Å². The molecule has 142 valence electrons. The zero-order chi connectivity index (χ0) is 18.9. The average Bonchev–Trinajstić information content (AvgIpc) is 2.93. The minimum atomic E-state index is -3.26. The van der Waals surface area contributed by atoms with Crippen LogP contribution in [0.15, 0.2) is 24.3 Å². The van der Waals surface area contributed by atoms with Crippen LogP contribution in [0.3, 0.4) is 0 Å². The van der Waals surface area contributed by atoms with E-state index in [9.17, 15) is 18.0 Å². The fourth-order valence-electron chi connectivity index (χ4n) is 3.93. The second kappa shape index (κ2) is 7.39. The highest BCUT2D eigenvalue weighted by Crippen LogP contribution is 2.29. The lowest BCUT2D eigenvalue weighted by Gasteiger charge is -2.44. The number of benzene rings is 1. The Morgan fingerprint density at radius 3 is 2.42 bits per heavy atom. The van der Waals surface area contributed by atoms with Gasteiger partial charge in [0.25, 0.3) is 5.91 Å². The normalized spacial score (nSPS) is 24.4. The Morgan fingerprint density at radius 2 is 1.77 bits per heavy atom. The van der Waals surface area contributed by atoms with Gasteiger partial charge in [0, 0.05) is 25.1 Å². The van der Waals surface area contributed by atoms with E-state index >= 15 is 0 Å². The molecule has 2 amide bonds. The van der Waals surface area contributed by atoms with Crippen molar-refractivity contribution in [2.75, 3.05) is 24.6 Å². The van der Waals surface area contributed by atoms with Crippen molar-refractivity contribution in [1.29, 1.82) is 0 Å². The van der Waals surface area contributed by atoms with E-state index in [1.54, 1.807) is 15.9 Å². The summed E-state index contributed by atoms with van der Waals surface area (Å²) >= 11 is 0. The second-order valence-corrected chi connectivity index (χ2v) is 9.42. The second-order valence-electron chi connectivity index (χ2n) is 7.27. The Labute approximate surface area is 155 Å². The molecule has 3 rings (SSSR count). The van der Waals surface area contributed by atoms with Gasteiger partial charge in [0.05, 0.1) is 23.6 Å². The molecular formula is C19H26N2O4S. The summed E-state index contributed by atoms with van der Waals surface area (Å²) in [5.74, 6) is -0.261. The molecule has 0 aliphatic carbocycles. The minimum absolute atomic E-state index is 0.00149. The van der Waals surface area contributed by atoms with E-state index in [0.717, 1.165) is 18.4 Å². The number of carbonyl (C=O) groups is 2. The molecule has 2 unspecified atom stereocenters. The van der Waals surface area contributed by atoms with E-state index in [1.165, 1.54) is 0 Å². The third-order valence-corrected chi connectivity index (χ3v) is 6.97. The molecule has 2 heterocycles. The van der Waals surface area contributed by atoms with E-state index in [2.05, 4.69) is 0 Å². The summed E-state index contributed by atoms with van der Waals surface area (Å²) in [4.78, 5) is 28.9. The molecule has 6 nitrogen and oxygen atoms in total. The maximum atomic E-state index is 13.0. The lowest BCUT2D eigenvalue weighted by molar-refractivity contribution is -0.136. The van der Waals surface area contributed by atoms with Crippen LogP contribution in [0, 0.1) is 6.92 Å².